The number of esters is 1. The van der Waals surface area contributed by atoms with Gasteiger partial charge in [-0.3, -0.25) is 0 Å². The van der Waals surface area contributed by atoms with Crippen molar-refractivity contribution in [1.29, 1.82) is 0 Å². The van der Waals surface area contributed by atoms with E-state index in [-0.39, 0.29) is 12.7 Å². The van der Waals surface area contributed by atoms with Crippen LogP contribution in [0.4, 0.5) is 0 Å². The van der Waals surface area contributed by atoms with Crippen LogP contribution in [0.25, 0.3) is 0 Å². The summed E-state index contributed by atoms with van der Waals surface area (Å²) in [5.41, 5.74) is 0.347. The van der Waals surface area contributed by atoms with Crippen LogP contribution in [-0.2, 0) is 28.5 Å². The van der Waals surface area contributed by atoms with Crippen molar-refractivity contribution < 1.29 is 28.5 Å². The van der Waals surface area contributed by atoms with E-state index < -0.39 is 11.9 Å². The first-order valence-corrected chi connectivity index (χ1v) is 10.8. The van der Waals surface area contributed by atoms with Crippen LogP contribution in [-0.4, -0.2) is 45.2 Å². The molecule has 0 spiro atoms. The molecule has 0 rings (SSSR count). The molecule has 0 N–H and O–H groups in total. The summed E-state index contributed by atoms with van der Waals surface area (Å²) in [5.74, 6) is -1.72. The average molecular weight is 403 g/mol. The number of rotatable bonds is 19. The molecule has 0 aliphatic rings. The minimum Gasteiger partial charge on any atom is -0.435 e. The van der Waals surface area contributed by atoms with Crippen molar-refractivity contribution in [3.63, 3.8) is 0 Å². The van der Waals surface area contributed by atoms with Gasteiger partial charge in [0.1, 0.15) is 0 Å². The van der Waals surface area contributed by atoms with E-state index in [2.05, 4.69) is 13.5 Å². The van der Waals surface area contributed by atoms with Crippen molar-refractivity contribution in [2.45, 2.75) is 85.5 Å². The first-order valence-electron chi connectivity index (χ1n) is 10.8. The first kappa shape index (κ1) is 27.0. The van der Waals surface area contributed by atoms with E-state index in [1.165, 1.54) is 25.7 Å². The molecule has 166 valence electrons. The van der Waals surface area contributed by atoms with Crippen molar-refractivity contribution in [3.05, 3.63) is 12.2 Å². The molecule has 0 fully saturated rings. The SMILES string of the molecule is C=C(C)C(=O)OCOCC(CCCCCCCC)C(OCC)(OCC)OCC. The zero-order chi connectivity index (χ0) is 21.3. The van der Waals surface area contributed by atoms with Gasteiger partial charge in [0.15, 0.2) is 6.79 Å². The van der Waals surface area contributed by atoms with Crippen LogP contribution >= 0.6 is 0 Å². The van der Waals surface area contributed by atoms with Crippen LogP contribution in [0, 0.1) is 5.92 Å². The molecule has 1 atom stereocenters. The van der Waals surface area contributed by atoms with Crippen molar-refractivity contribution in [1.82, 2.24) is 0 Å². The van der Waals surface area contributed by atoms with Crippen LogP contribution in [0.3, 0.4) is 0 Å². The monoisotopic (exact) mass is 402 g/mol. The maximum atomic E-state index is 11.5. The van der Waals surface area contributed by atoms with Gasteiger partial charge in [-0.1, -0.05) is 52.0 Å². The summed E-state index contributed by atoms with van der Waals surface area (Å²) in [6, 6.07) is 0. The van der Waals surface area contributed by atoms with Crippen LogP contribution in [0.2, 0.25) is 0 Å². The molecular weight excluding hydrogens is 360 g/mol. The van der Waals surface area contributed by atoms with Gasteiger partial charge in [-0.15, -0.1) is 0 Å². The van der Waals surface area contributed by atoms with Gasteiger partial charge in [0.25, 0.3) is 5.97 Å². The first-order chi connectivity index (χ1) is 13.5. The lowest BCUT2D eigenvalue weighted by atomic mass is 9.98. The smallest absolute Gasteiger partial charge is 0.335 e. The molecule has 0 radical (unpaired) electrons. The van der Waals surface area contributed by atoms with E-state index >= 15 is 0 Å². The highest BCUT2D eigenvalue weighted by Crippen LogP contribution is 2.31. The zero-order valence-electron chi connectivity index (χ0n) is 18.7. The molecule has 0 saturated carbocycles. The van der Waals surface area contributed by atoms with E-state index in [1.807, 2.05) is 20.8 Å². The maximum absolute atomic E-state index is 11.5. The van der Waals surface area contributed by atoms with Crippen molar-refractivity contribution in [3.8, 4) is 0 Å². The van der Waals surface area contributed by atoms with Crippen molar-refractivity contribution in [2.24, 2.45) is 5.92 Å². The van der Waals surface area contributed by atoms with Crippen LogP contribution in [0.1, 0.15) is 79.6 Å². The predicted molar refractivity (Wildman–Crippen MR) is 111 cm³/mol. The average Bonchev–Trinajstić information content (AvgIpc) is 2.66. The highest BCUT2D eigenvalue weighted by Gasteiger charge is 2.42. The largest absolute Gasteiger partial charge is 0.435 e. The molecule has 0 amide bonds. The van der Waals surface area contributed by atoms with E-state index in [1.54, 1.807) is 6.92 Å². The number of hydrogen-bond acceptors (Lipinski definition) is 6. The van der Waals surface area contributed by atoms with E-state index in [4.69, 9.17) is 23.7 Å². The fourth-order valence-corrected chi connectivity index (χ4v) is 3.02. The lowest BCUT2D eigenvalue weighted by Crippen LogP contribution is -2.48. The molecule has 28 heavy (non-hydrogen) atoms. The lowest BCUT2D eigenvalue weighted by Gasteiger charge is -2.38. The molecule has 0 aromatic heterocycles. The summed E-state index contributed by atoms with van der Waals surface area (Å²) in [5, 5.41) is 0. The molecule has 0 heterocycles. The molecule has 0 aliphatic carbocycles. The normalized spacial score (nSPS) is 12.8. The second-order valence-corrected chi connectivity index (χ2v) is 6.86. The Morgan fingerprint density at radius 2 is 1.43 bits per heavy atom. The molecular formula is C22H42O6. The Labute approximate surface area is 171 Å². The fourth-order valence-electron chi connectivity index (χ4n) is 3.02. The lowest BCUT2D eigenvalue weighted by molar-refractivity contribution is -0.406. The quantitative estimate of drug-likeness (QED) is 0.128. The summed E-state index contributed by atoms with van der Waals surface area (Å²) in [6.07, 6.45) is 8.05. The molecule has 0 aromatic carbocycles. The third-order valence-corrected chi connectivity index (χ3v) is 4.38. The topological polar surface area (TPSA) is 63.2 Å². The maximum Gasteiger partial charge on any atom is 0.335 e. The number of unbranched alkanes of at least 4 members (excludes halogenated alkanes) is 5. The van der Waals surface area contributed by atoms with Gasteiger partial charge >= 0.3 is 5.97 Å². The standard InChI is InChI=1S/C22H42O6/c1-7-11-12-13-14-15-16-20(17-24-18-25-21(23)19(5)6)22(26-8-2,27-9-3)28-10-4/h20H,5,7-18H2,1-4,6H3. The zero-order valence-corrected chi connectivity index (χ0v) is 18.7. The number of hydrogen-bond donors (Lipinski definition) is 0. The van der Waals surface area contributed by atoms with E-state index in [9.17, 15) is 4.79 Å². The highest BCUT2D eigenvalue weighted by molar-refractivity contribution is 5.86. The molecule has 0 saturated heterocycles. The summed E-state index contributed by atoms with van der Waals surface area (Å²) < 4.78 is 28.5. The van der Waals surface area contributed by atoms with Crippen molar-refractivity contribution >= 4 is 5.97 Å². The molecule has 6 heteroatoms. The Kier molecular flexibility index (Phi) is 16.4. The number of carbonyl (C=O) groups is 1. The third-order valence-electron chi connectivity index (χ3n) is 4.38. The molecule has 0 aliphatic heterocycles. The Morgan fingerprint density at radius 3 is 1.93 bits per heavy atom. The Balaban J connectivity index is 4.89. The van der Waals surface area contributed by atoms with Gasteiger partial charge in [0.2, 0.25) is 0 Å². The Morgan fingerprint density at radius 1 is 0.893 bits per heavy atom. The third kappa shape index (κ3) is 11.1. The molecule has 0 bridgehead atoms. The highest BCUT2D eigenvalue weighted by atomic mass is 16.9. The summed E-state index contributed by atoms with van der Waals surface area (Å²) in [6.45, 7) is 14.7. The Hall–Kier alpha value is -0.950. The molecule has 0 aromatic rings. The Bertz CT molecular complexity index is 393. The van der Waals surface area contributed by atoms with Gasteiger partial charge in [-0.25, -0.2) is 4.79 Å². The van der Waals surface area contributed by atoms with Gasteiger partial charge in [-0.2, -0.15) is 0 Å². The second-order valence-electron chi connectivity index (χ2n) is 6.86. The summed E-state index contributed by atoms with van der Waals surface area (Å²) >= 11 is 0. The van der Waals surface area contributed by atoms with Crippen LogP contribution < -0.4 is 0 Å². The number of ether oxygens (including phenoxy) is 5. The van der Waals surface area contributed by atoms with Crippen LogP contribution in [0.15, 0.2) is 12.2 Å². The fraction of sp³-hybridized carbons (Fsp3) is 0.864. The van der Waals surface area contributed by atoms with Gasteiger partial charge in [0, 0.05) is 25.4 Å². The number of carbonyl (C=O) groups excluding carboxylic acids is 1. The van der Waals surface area contributed by atoms with Gasteiger partial charge in [0.05, 0.1) is 12.5 Å². The van der Waals surface area contributed by atoms with Crippen molar-refractivity contribution in [2.75, 3.05) is 33.2 Å². The summed E-state index contributed by atoms with van der Waals surface area (Å²) in [7, 11) is 0. The van der Waals surface area contributed by atoms with Gasteiger partial charge in [-0.05, 0) is 34.1 Å². The minimum absolute atomic E-state index is 0.123. The molecule has 1 unspecified atom stereocenters. The minimum atomic E-state index is -1.14. The summed E-state index contributed by atoms with van der Waals surface area (Å²) in [4.78, 5) is 11.5. The van der Waals surface area contributed by atoms with E-state index in [0.717, 1.165) is 19.3 Å². The van der Waals surface area contributed by atoms with Crippen LogP contribution in [0.5, 0.6) is 0 Å². The second kappa shape index (κ2) is 17.0. The predicted octanol–water partition coefficient (Wildman–Crippen LogP) is 5.21. The molecule has 6 nitrogen and oxygen atoms in total. The van der Waals surface area contributed by atoms with E-state index in [0.29, 0.717) is 32.0 Å². The van der Waals surface area contributed by atoms with Gasteiger partial charge < -0.3 is 23.7 Å².